The zero-order valence-electron chi connectivity index (χ0n) is 17.7. The number of pyridine rings is 1. The molecule has 0 saturated carbocycles. The SMILES string of the molecule is Cc1ccc2c(CC(=O)N3CC[C@@H](c4[nH]ncc4-c4ccnc(N)c4)C3)coc2c1C. The summed E-state index contributed by atoms with van der Waals surface area (Å²) in [5.74, 6) is 0.810. The van der Waals surface area contributed by atoms with Gasteiger partial charge in [-0.1, -0.05) is 12.1 Å². The van der Waals surface area contributed by atoms with E-state index in [0.717, 1.165) is 51.9 Å². The van der Waals surface area contributed by atoms with Crippen molar-refractivity contribution < 1.29 is 9.21 Å². The predicted octanol–water partition coefficient (Wildman–Crippen LogP) is 3.98. The summed E-state index contributed by atoms with van der Waals surface area (Å²) in [4.78, 5) is 19.1. The summed E-state index contributed by atoms with van der Waals surface area (Å²) in [7, 11) is 0. The minimum atomic E-state index is 0.123. The van der Waals surface area contributed by atoms with E-state index in [1.165, 1.54) is 5.56 Å². The molecule has 1 aliphatic heterocycles. The largest absolute Gasteiger partial charge is 0.464 e. The van der Waals surface area contributed by atoms with Gasteiger partial charge in [0.25, 0.3) is 0 Å². The molecule has 1 aromatic carbocycles. The van der Waals surface area contributed by atoms with Crippen LogP contribution in [0, 0.1) is 13.8 Å². The fourth-order valence-electron chi connectivity index (χ4n) is 4.48. The number of carbonyl (C=O) groups is 1. The van der Waals surface area contributed by atoms with E-state index in [-0.39, 0.29) is 11.8 Å². The molecule has 1 amide bonds. The molecule has 4 heterocycles. The van der Waals surface area contributed by atoms with Crippen LogP contribution in [0.4, 0.5) is 5.82 Å². The number of rotatable bonds is 4. The van der Waals surface area contributed by atoms with E-state index < -0.39 is 0 Å². The maximum Gasteiger partial charge on any atom is 0.227 e. The van der Waals surface area contributed by atoms with Gasteiger partial charge in [0.2, 0.25) is 5.91 Å². The molecule has 1 aliphatic rings. The Morgan fingerprint density at radius 2 is 2.19 bits per heavy atom. The maximum absolute atomic E-state index is 13.1. The van der Waals surface area contributed by atoms with Crippen LogP contribution in [0.5, 0.6) is 0 Å². The number of hydrogen-bond donors (Lipinski definition) is 2. The third-order valence-corrected chi connectivity index (χ3v) is 6.39. The zero-order valence-corrected chi connectivity index (χ0v) is 17.7. The van der Waals surface area contributed by atoms with Gasteiger partial charge in [-0.15, -0.1) is 0 Å². The van der Waals surface area contributed by atoms with E-state index in [0.29, 0.717) is 18.8 Å². The lowest BCUT2D eigenvalue weighted by atomic mass is 9.97. The van der Waals surface area contributed by atoms with E-state index in [9.17, 15) is 4.79 Å². The van der Waals surface area contributed by atoms with Gasteiger partial charge in [-0.3, -0.25) is 9.89 Å². The van der Waals surface area contributed by atoms with Crippen LogP contribution < -0.4 is 5.73 Å². The minimum Gasteiger partial charge on any atom is -0.464 e. The van der Waals surface area contributed by atoms with Crippen LogP contribution in [0.15, 0.2) is 47.3 Å². The van der Waals surface area contributed by atoms with Gasteiger partial charge in [0, 0.05) is 47.4 Å². The van der Waals surface area contributed by atoms with Gasteiger partial charge in [0.15, 0.2) is 0 Å². The Labute approximate surface area is 180 Å². The number of carbonyl (C=O) groups excluding carboxylic acids is 1. The van der Waals surface area contributed by atoms with Crippen molar-refractivity contribution in [2.24, 2.45) is 0 Å². The van der Waals surface area contributed by atoms with Crippen LogP contribution in [0.2, 0.25) is 0 Å². The number of aromatic amines is 1. The normalized spacial score (nSPS) is 16.3. The van der Waals surface area contributed by atoms with Crippen LogP contribution in [0.25, 0.3) is 22.1 Å². The molecule has 0 aliphatic carbocycles. The van der Waals surface area contributed by atoms with Gasteiger partial charge in [-0.25, -0.2) is 4.98 Å². The first kappa shape index (κ1) is 19.4. The van der Waals surface area contributed by atoms with Crippen molar-refractivity contribution >= 4 is 22.7 Å². The monoisotopic (exact) mass is 415 g/mol. The predicted molar refractivity (Wildman–Crippen MR) is 120 cm³/mol. The number of nitrogens with zero attached hydrogens (tertiary/aromatic N) is 3. The van der Waals surface area contributed by atoms with Crippen molar-refractivity contribution in [1.82, 2.24) is 20.1 Å². The van der Waals surface area contributed by atoms with Crippen molar-refractivity contribution in [3.05, 3.63) is 65.3 Å². The number of anilines is 1. The number of fused-ring (bicyclic) bond motifs is 1. The van der Waals surface area contributed by atoms with Gasteiger partial charge in [-0.2, -0.15) is 5.10 Å². The van der Waals surface area contributed by atoms with E-state index in [4.69, 9.17) is 10.2 Å². The van der Waals surface area contributed by atoms with Crippen molar-refractivity contribution in [1.29, 1.82) is 0 Å². The van der Waals surface area contributed by atoms with Crippen molar-refractivity contribution in [3.63, 3.8) is 0 Å². The highest BCUT2D eigenvalue weighted by Crippen LogP contribution is 2.34. The number of hydrogen-bond acceptors (Lipinski definition) is 5. The second-order valence-corrected chi connectivity index (χ2v) is 8.31. The molecule has 1 saturated heterocycles. The van der Waals surface area contributed by atoms with Crippen molar-refractivity contribution in [2.75, 3.05) is 18.8 Å². The molecule has 31 heavy (non-hydrogen) atoms. The number of nitrogen functional groups attached to an aromatic ring is 1. The molecule has 1 atom stereocenters. The Morgan fingerprint density at radius 3 is 3.03 bits per heavy atom. The highest BCUT2D eigenvalue weighted by Gasteiger charge is 2.30. The van der Waals surface area contributed by atoms with Gasteiger partial charge >= 0.3 is 0 Å². The van der Waals surface area contributed by atoms with E-state index in [1.807, 2.05) is 29.3 Å². The number of furan rings is 1. The molecular weight excluding hydrogens is 390 g/mol. The Hall–Kier alpha value is -3.61. The number of aryl methyl sites for hydroxylation is 2. The Morgan fingerprint density at radius 1 is 1.32 bits per heavy atom. The van der Waals surface area contributed by atoms with Crippen LogP contribution in [0.1, 0.15) is 34.7 Å². The lowest BCUT2D eigenvalue weighted by Crippen LogP contribution is -2.29. The minimum absolute atomic E-state index is 0.123. The number of likely N-dealkylation sites (tertiary alicyclic amines) is 1. The van der Waals surface area contributed by atoms with Crippen LogP contribution in [-0.4, -0.2) is 39.1 Å². The second-order valence-electron chi connectivity index (χ2n) is 8.31. The summed E-state index contributed by atoms with van der Waals surface area (Å²) < 4.78 is 5.78. The smallest absolute Gasteiger partial charge is 0.227 e. The number of aromatic nitrogens is 3. The molecular formula is C24H25N5O2. The van der Waals surface area contributed by atoms with Gasteiger partial charge < -0.3 is 15.1 Å². The third kappa shape index (κ3) is 3.46. The standard InChI is InChI=1S/C24H25N5O2/c1-14-3-4-19-18(13-31-24(19)15(14)2)10-22(30)29-8-6-17(12-29)23-20(11-27-28-23)16-5-7-26-21(25)9-16/h3-5,7,9,11,13,17H,6,8,10,12H2,1-2H3,(H2,25,26)(H,27,28)/t17-/m1/s1. The molecule has 4 aromatic rings. The maximum atomic E-state index is 13.1. The lowest BCUT2D eigenvalue weighted by Gasteiger charge is -2.16. The molecule has 3 N–H and O–H groups in total. The topological polar surface area (TPSA) is 101 Å². The number of amides is 1. The summed E-state index contributed by atoms with van der Waals surface area (Å²) in [5, 5.41) is 8.42. The van der Waals surface area contributed by atoms with Gasteiger partial charge in [-0.05, 0) is 49.1 Å². The first-order valence-corrected chi connectivity index (χ1v) is 10.5. The lowest BCUT2D eigenvalue weighted by molar-refractivity contribution is -0.129. The van der Waals surface area contributed by atoms with Crippen LogP contribution >= 0.6 is 0 Å². The fraction of sp³-hybridized carbons (Fsp3) is 0.292. The zero-order chi connectivity index (χ0) is 21.5. The van der Waals surface area contributed by atoms with E-state index >= 15 is 0 Å². The Kier molecular flexibility index (Phi) is 4.73. The van der Waals surface area contributed by atoms with Gasteiger partial charge in [0.1, 0.15) is 11.4 Å². The van der Waals surface area contributed by atoms with Crippen LogP contribution in [0.3, 0.4) is 0 Å². The second kappa shape index (κ2) is 7.58. The molecule has 158 valence electrons. The highest BCUT2D eigenvalue weighted by molar-refractivity contribution is 5.89. The molecule has 0 spiro atoms. The number of benzene rings is 1. The highest BCUT2D eigenvalue weighted by atomic mass is 16.3. The molecule has 1 fully saturated rings. The number of nitrogens with one attached hydrogen (secondary N) is 1. The quantitative estimate of drug-likeness (QED) is 0.525. The summed E-state index contributed by atoms with van der Waals surface area (Å²) in [5.41, 5.74) is 13.0. The molecule has 3 aromatic heterocycles. The van der Waals surface area contributed by atoms with Crippen LogP contribution in [-0.2, 0) is 11.2 Å². The summed E-state index contributed by atoms with van der Waals surface area (Å²) in [6, 6.07) is 7.91. The molecule has 0 bridgehead atoms. The summed E-state index contributed by atoms with van der Waals surface area (Å²) in [6.45, 7) is 5.52. The summed E-state index contributed by atoms with van der Waals surface area (Å²) >= 11 is 0. The average Bonchev–Trinajstić information content (AvgIpc) is 3.50. The fourth-order valence-corrected chi connectivity index (χ4v) is 4.48. The first-order valence-electron chi connectivity index (χ1n) is 10.5. The number of nitrogens with two attached hydrogens (primary N) is 1. The molecule has 0 unspecified atom stereocenters. The van der Waals surface area contributed by atoms with E-state index in [1.54, 1.807) is 12.5 Å². The molecule has 5 rings (SSSR count). The van der Waals surface area contributed by atoms with E-state index in [2.05, 4.69) is 35.1 Å². The summed E-state index contributed by atoms with van der Waals surface area (Å²) in [6.07, 6.45) is 6.48. The Bertz CT molecular complexity index is 1270. The molecule has 7 heteroatoms. The van der Waals surface area contributed by atoms with Gasteiger partial charge in [0.05, 0.1) is 18.9 Å². The number of H-pyrrole nitrogens is 1. The third-order valence-electron chi connectivity index (χ3n) is 6.39. The van der Waals surface area contributed by atoms with Crippen molar-refractivity contribution in [3.8, 4) is 11.1 Å². The molecule has 7 nitrogen and oxygen atoms in total. The van der Waals surface area contributed by atoms with Crippen molar-refractivity contribution in [2.45, 2.75) is 32.6 Å². The average molecular weight is 415 g/mol. The Balaban J connectivity index is 1.32. The first-order chi connectivity index (χ1) is 15.0. The molecule has 0 radical (unpaired) electrons.